The molecule has 0 aliphatic heterocycles. The molecule has 1 saturated carbocycles. The molecule has 1 aliphatic rings. The zero-order valence-electron chi connectivity index (χ0n) is 10.8. The summed E-state index contributed by atoms with van der Waals surface area (Å²) in [6.45, 7) is 0.601. The lowest BCUT2D eigenvalue weighted by Crippen LogP contribution is -2.30. The van der Waals surface area contributed by atoms with Crippen molar-refractivity contribution in [3.63, 3.8) is 0 Å². The zero-order chi connectivity index (χ0) is 13.2. The third-order valence-electron chi connectivity index (χ3n) is 3.47. The first kappa shape index (κ1) is 13.0. The topological polar surface area (TPSA) is 79.5 Å². The summed E-state index contributed by atoms with van der Waals surface area (Å²) in [4.78, 5) is 17.6. The number of carbonyl (C=O) groups is 1. The van der Waals surface area contributed by atoms with Gasteiger partial charge in [0.05, 0.1) is 12.0 Å². The molecule has 6 heteroatoms. The highest BCUT2D eigenvalue weighted by Gasteiger charge is 2.42. The Morgan fingerprint density at radius 1 is 1.44 bits per heavy atom. The van der Waals surface area contributed by atoms with Gasteiger partial charge in [0.1, 0.15) is 0 Å². The third kappa shape index (κ3) is 2.69. The van der Waals surface area contributed by atoms with Gasteiger partial charge in [-0.15, -0.1) is 0 Å². The van der Waals surface area contributed by atoms with Crippen LogP contribution < -0.4 is 0 Å². The molecule has 1 heterocycles. The fraction of sp³-hybridized carbons (Fsp3) is 0.750. The summed E-state index contributed by atoms with van der Waals surface area (Å²) < 4.78 is 5.15. The summed E-state index contributed by atoms with van der Waals surface area (Å²) in [5, 5.41) is 13.2. The highest BCUT2D eigenvalue weighted by Crippen LogP contribution is 2.40. The summed E-state index contributed by atoms with van der Waals surface area (Å²) in [7, 11) is 3.84. The van der Waals surface area contributed by atoms with Gasteiger partial charge in [-0.05, 0) is 26.9 Å². The van der Waals surface area contributed by atoms with Gasteiger partial charge in [0, 0.05) is 6.42 Å². The monoisotopic (exact) mass is 253 g/mol. The van der Waals surface area contributed by atoms with Crippen molar-refractivity contribution in [1.82, 2.24) is 15.0 Å². The molecular formula is C12H19N3O3. The first-order chi connectivity index (χ1) is 8.52. The highest BCUT2D eigenvalue weighted by atomic mass is 16.5. The fourth-order valence-corrected chi connectivity index (χ4v) is 2.52. The Morgan fingerprint density at radius 3 is 2.67 bits per heavy atom. The molecule has 0 amide bonds. The second-order valence-corrected chi connectivity index (χ2v) is 5.31. The van der Waals surface area contributed by atoms with Crippen molar-refractivity contribution in [1.29, 1.82) is 0 Å². The molecule has 6 nitrogen and oxygen atoms in total. The third-order valence-corrected chi connectivity index (χ3v) is 3.47. The summed E-state index contributed by atoms with van der Waals surface area (Å²) in [5.41, 5.74) is -0.693. The Hall–Kier alpha value is -1.43. The molecule has 0 saturated heterocycles. The molecule has 100 valence electrons. The lowest BCUT2D eigenvalue weighted by Gasteiger charge is -2.21. The van der Waals surface area contributed by atoms with E-state index < -0.39 is 11.4 Å². The SMILES string of the molecule is CN(C)Cc1noc(CC2(C(=O)O)CCCC2)n1. The molecule has 0 bridgehead atoms. The van der Waals surface area contributed by atoms with Crippen LogP contribution >= 0.6 is 0 Å². The normalized spacial score (nSPS) is 18.4. The minimum absolute atomic E-state index is 0.350. The average molecular weight is 253 g/mol. The van der Waals surface area contributed by atoms with E-state index in [1.807, 2.05) is 19.0 Å². The molecule has 2 rings (SSSR count). The van der Waals surface area contributed by atoms with Gasteiger partial charge >= 0.3 is 5.97 Å². The molecule has 1 fully saturated rings. The van der Waals surface area contributed by atoms with Crippen LogP contribution in [0.3, 0.4) is 0 Å². The lowest BCUT2D eigenvalue weighted by atomic mass is 9.83. The van der Waals surface area contributed by atoms with Crippen molar-refractivity contribution >= 4 is 5.97 Å². The van der Waals surface area contributed by atoms with Gasteiger partial charge in [-0.1, -0.05) is 18.0 Å². The van der Waals surface area contributed by atoms with Crippen LogP contribution in [0.4, 0.5) is 0 Å². The van der Waals surface area contributed by atoms with E-state index in [-0.39, 0.29) is 0 Å². The standard InChI is InChI=1S/C12H19N3O3/c1-15(2)8-9-13-10(18-14-9)7-12(11(16)17)5-3-4-6-12/h3-8H2,1-2H3,(H,16,17). The first-order valence-electron chi connectivity index (χ1n) is 6.21. The summed E-state index contributed by atoms with van der Waals surface area (Å²) in [5.74, 6) is 0.303. The molecule has 1 N–H and O–H groups in total. The number of carboxylic acid groups (broad SMARTS) is 1. The summed E-state index contributed by atoms with van der Waals surface area (Å²) in [6.07, 6.45) is 3.68. The Morgan fingerprint density at radius 2 is 2.11 bits per heavy atom. The van der Waals surface area contributed by atoms with E-state index >= 15 is 0 Å². The molecule has 18 heavy (non-hydrogen) atoms. The average Bonchev–Trinajstić information content (AvgIpc) is 2.88. The van der Waals surface area contributed by atoms with Gasteiger partial charge in [0.15, 0.2) is 5.82 Å². The van der Waals surface area contributed by atoms with Crippen LogP contribution in [0.1, 0.15) is 37.4 Å². The number of hydrogen-bond donors (Lipinski definition) is 1. The van der Waals surface area contributed by atoms with Crippen LogP contribution in [0.15, 0.2) is 4.52 Å². The quantitative estimate of drug-likeness (QED) is 0.852. The van der Waals surface area contributed by atoms with Crippen LogP contribution in [0.25, 0.3) is 0 Å². The van der Waals surface area contributed by atoms with Gasteiger partial charge < -0.3 is 14.5 Å². The van der Waals surface area contributed by atoms with Crippen molar-refractivity contribution in [3.8, 4) is 0 Å². The minimum atomic E-state index is -0.743. The fourth-order valence-electron chi connectivity index (χ4n) is 2.52. The van der Waals surface area contributed by atoms with Gasteiger partial charge in [0.25, 0.3) is 0 Å². The number of aromatic nitrogens is 2. The van der Waals surface area contributed by atoms with E-state index in [4.69, 9.17) is 4.52 Å². The van der Waals surface area contributed by atoms with Crippen LogP contribution in [-0.2, 0) is 17.8 Å². The van der Waals surface area contributed by atoms with Crippen LogP contribution in [0.5, 0.6) is 0 Å². The molecule has 0 spiro atoms. The van der Waals surface area contributed by atoms with Crippen LogP contribution in [-0.4, -0.2) is 40.2 Å². The smallest absolute Gasteiger partial charge is 0.310 e. The van der Waals surface area contributed by atoms with E-state index in [1.54, 1.807) is 0 Å². The second-order valence-electron chi connectivity index (χ2n) is 5.31. The molecule has 1 aliphatic carbocycles. The van der Waals surface area contributed by atoms with Gasteiger partial charge in [-0.3, -0.25) is 4.79 Å². The Balaban J connectivity index is 2.08. The van der Waals surface area contributed by atoms with Crippen molar-refractivity contribution < 1.29 is 14.4 Å². The van der Waals surface area contributed by atoms with Gasteiger partial charge in [-0.2, -0.15) is 4.98 Å². The van der Waals surface area contributed by atoms with Crippen molar-refractivity contribution in [2.75, 3.05) is 14.1 Å². The molecule has 1 aromatic rings. The Labute approximate surface area is 106 Å². The lowest BCUT2D eigenvalue weighted by molar-refractivity contribution is -0.148. The molecule has 0 radical (unpaired) electrons. The molecule has 1 aromatic heterocycles. The number of carboxylic acids is 1. The van der Waals surface area contributed by atoms with E-state index in [0.29, 0.717) is 37.5 Å². The van der Waals surface area contributed by atoms with Crippen LogP contribution in [0, 0.1) is 5.41 Å². The van der Waals surface area contributed by atoms with Gasteiger partial charge in [-0.25, -0.2) is 0 Å². The molecule has 0 unspecified atom stereocenters. The van der Waals surface area contributed by atoms with E-state index in [9.17, 15) is 9.90 Å². The second kappa shape index (κ2) is 5.06. The van der Waals surface area contributed by atoms with E-state index in [2.05, 4.69) is 10.1 Å². The van der Waals surface area contributed by atoms with Crippen molar-refractivity contribution in [2.45, 2.75) is 38.6 Å². The predicted molar refractivity (Wildman–Crippen MR) is 63.9 cm³/mol. The van der Waals surface area contributed by atoms with Crippen LogP contribution in [0.2, 0.25) is 0 Å². The largest absolute Gasteiger partial charge is 0.481 e. The zero-order valence-corrected chi connectivity index (χ0v) is 10.8. The maximum absolute atomic E-state index is 11.4. The van der Waals surface area contributed by atoms with Gasteiger partial charge in [0.2, 0.25) is 5.89 Å². The molecular weight excluding hydrogens is 234 g/mol. The maximum atomic E-state index is 11.4. The Kier molecular flexibility index (Phi) is 3.65. The van der Waals surface area contributed by atoms with E-state index in [0.717, 1.165) is 12.8 Å². The number of hydrogen-bond acceptors (Lipinski definition) is 5. The predicted octanol–water partition coefficient (Wildman–Crippen LogP) is 1.32. The molecule has 0 atom stereocenters. The first-order valence-corrected chi connectivity index (χ1v) is 6.21. The maximum Gasteiger partial charge on any atom is 0.310 e. The highest BCUT2D eigenvalue weighted by molar-refractivity contribution is 5.75. The summed E-state index contributed by atoms with van der Waals surface area (Å²) >= 11 is 0. The minimum Gasteiger partial charge on any atom is -0.481 e. The number of rotatable bonds is 5. The van der Waals surface area contributed by atoms with Crippen molar-refractivity contribution in [3.05, 3.63) is 11.7 Å². The molecule has 0 aromatic carbocycles. The van der Waals surface area contributed by atoms with E-state index in [1.165, 1.54) is 0 Å². The van der Waals surface area contributed by atoms with Crippen molar-refractivity contribution in [2.24, 2.45) is 5.41 Å². The number of nitrogens with zero attached hydrogens (tertiary/aromatic N) is 3. The Bertz CT molecular complexity index is 422. The number of aliphatic carboxylic acids is 1. The summed E-state index contributed by atoms with van der Waals surface area (Å²) in [6, 6.07) is 0.